The van der Waals surface area contributed by atoms with E-state index in [9.17, 15) is 9.59 Å². The summed E-state index contributed by atoms with van der Waals surface area (Å²) < 4.78 is 4.53. The van der Waals surface area contributed by atoms with Gasteiger partial charge in [-0.25, -0.2) is 9.59 Å². The highest BCUT2D eigenvalue weighted by Gasteiger charge is 2.17. The SMILES string of the molecule is CCOC(=O)ON(Cc1ccsc1)C(N)=O. The summed E-state index contributed by atoms with van der Waals surface area (Å²) in [4.78, 5) is 26.6. The highest BCUT2D eigenvalue weighted by Crippen LogP contribution is 2.10. The maximum Gasteiger partial charge on any atom is 0.533 e. The monoisotopic (exact) mass is 244 g/mol. The van der Waals surface area contributed by atoms with Crippen molar-refractivity contribution in [3.05, 3.63) is 22.4 Å². The molecule has 0 radical (unpaired) electrons. The summed E-state index contributed by atoms with van der Waals surface area (Å²) in [5.41, 5.74) is 5.88. The Morgan fingerprint density at radius 1 is 1.56 bits per heavy atom. The predicted molar refractivity (Wildman–Crippen MR) is 57.6 cm³/mol. The molecule has 2 N–H and O–H groups in total. The molecule has 0 aliphatic carbocycles. The molecule has 0 fully saturated rings. The third kappa shape index (κ3) is 3.77. The van der Waals surface area contributed by atoms with Crippen LogP contribution in [-0.2, 0) is 16.1 Å². The van der Waals surface area contributed by atoms with Gasteiger partial charge in [0.25, 0.3) is 0 Å². The van der Waals surface area contributed by atoms with Crippen LogP contribution >= 0.6 is 11.3 Å². The molecule has 0 bridgehead atoms. The molecular formula is C9H12N2O4S. The van der Waals surface area contributed by atoms with E-state index >= 15 is 0 Å². The molecule has 6 nitrogen and oxygen atoms in total. The number of primary amides is 1. The van der Waals surface area contributed by atoms with E-state index in [-0.39, 0.29) is 13.2 Å². The Balaban J connectivity index is 2.54. The number of carbonyl (C=O) groups excluding carboxylic acids is 2. The molecule has 0 spiro atoms. The quantitative estimate of drug-likeness (QED) is 0.648. The summed E-state index contributed by atoms with van der Waals surface area (Å²) in [6.45, 7) is 1.91. The number of hydrogen-bond acceptors (Lipinski definition) is 5. The van der Waals surface area contributed by atoms with Crippen LogP contribution < -0.4 is 5.73 Å². The third-order valence-corrected chi connectivity index (χ3v) is 2.33. The Hall–Kier alpha value is -1.76. The Morgan fingerprint density at radius 3 is 2.81 bits per heavy atom. The van der Waals surface area contributed by atoms with Gasteiger partial charge in [0.2, 0.25) is 0 Å². The molecule has 16 heavy (non-hydrogen) atoms. The van der Waals surface area contributed by atoms with E-state index in [0.29, 0.717) is 0 Å². The zero-order chi connectivity index (χ0) is 12.0. The van der Waals surface area contributed by atoms with Crippen LogP contribution in [0.1, 0.15) is 12.5 Å². The van der Waals surface area contributed by atoms with Crippen LogP contribution in [0.2, 0.25) is 0 Å². The molecule has 0 saturated heterocycles. The molecule has 7 heteroatoms. The third-order valence-electron chi connectivity index (χ3n) is 1.60. The largest absolute Gasteiger partial charge is 0.533 e. The standard InChI is InChI=1S/C9H12N2O4S/c1-2-14-9(13)15-11(8(10)12)5-7-3-4-16-6-7/h3-4,6H,2,5H2,1H3,(H2,10,12). The van der Waals surface area contributed by atoms with Crippen molar-refractivity contribution in [3.8, 4) is 0 Å². The molecule has 0 saturated carbocycles. The summed E-state index contributed by atoms with van der Waals surface area (Å²) in [5.74, 6) is 0. The lowest BCUT2D eigenvalue weighted by Gasteiger charge is -2.17. The van der Waals surface area contributed by atoms with Gasteiger partial charge in [-0.1, -0.05) is 0 Å². The number of carbonyl (C=O) groups is 2. The average molecular weight is 244 g/mol. The molecular weight excluding hydrogens is 232 g/mol. The van der Waals surface area contributed by atoms with Crippen molar-refractivity contribution in [1.82, 2.24) is 5.06 Å². The number of hydrogen-bond donors (Lipinski definition) is 1. The van der Waals surface area contributed by atoms with Gasteiger partial charge in [0, 0.05) is 0 Å². The number of thiophene rings is 1. The first-order valence-corrected chi connectivity index (χ1v) is 5.50. The van der Waals surface area contributed by atoms with Crippen LogP contribution in [0, 0.1) is 0 Å². The van der Waals surface area contributed by atoms with Crippen molar-refractivity contribution in [2.75, 3.05) is 6.61 Å². The lowest BCUT2D eigenvalue weighted by molar-refractivity contribution is -0.0942. The zero-order valence-corrected chi connectivity index (χ0v) is 9.53. The predicted octanol–water partition coefficient (Wildman–Crippen LogP) is 1.72. The first-order chi connectivity index (χ1) is 7.63. The molecule has 1 aromatic heterocycles. The summed E-state index contributed by atoms with van der Waals surface area (Å²) in [5, 5.41) is 4.42. The van der Waals surface area contributed by atoms with Crippen LogP contribution in [0.5, 0.6) is 0 Å². The highest BCUT2D eigenvalue weighted by atomic mass is 32.1. The van der Waals surface area contributed by atoms with Crippen LogP contribution in [0.4, 0.5) is 9.59 Å². The van der Waals surface area contributed by atoms with Crippen molar-refractivity contribution in [1.29, 1.82) is 0 Å². The molecule has 0 unspecified atom stereocenters. The Kier molecular flexibility index (Phi) is 4.59. The van der Waals surface area contributed by atoms with Crippen molar-refractivity contribution >= 4 is 23.5 Å². The minimum atomic E-state index is -0.948. The van der Waals surface area contributed by atoms with Crippen LogP contribution in [-0.4, -0.2) is 23.9 Å². The molecule has 0 aliphatic heterocycles. The summed E-state index contributed by atoms with van der Waals surface area (Å²) in [6.07, 6.45) is -0.948. The number of nitrogens with two attached hydrogens (primary N) is 1. The number of rotatable bonds is 3. The van der Waals surface area contributed by atoms with Gasteiger partial charge in [-0.05, 0) is 29.3 Å². The molecule has 0 atom stereocenters. The lowest BCUT2D eigenvalue weighted by Crippen LogP contribution is -2.37. The summed E-state index contributed by atoms with van der Waals surface area (Å²) >= 11 is 1.47. The van der Waals surface area contributed by atoms with Crippen molar-refractivity contribution < 1.29 is 19.2 Å². The van der Waals surface area contributed by atoms with Gasteiger partial charge >= 0.3 is 12.2 Å². The Labute approximate surface area is 96.5 Å². The maximum atomic E-state index is 11.0. The van der Waals surface area contributed by atoms with Gasteiger partial charge in [-0.2, -0.15) is 11.3 Å². The van der Waals surface area contributed by atoms with E-state index in [4.69, 9.17) is 5.73 Å². The first kappa shape index (κ1) is 12.3. The highest BCUT2D eigenvalue weighted by molar-refractivity contribution is 7.07. The van der Waals surface area contributed by atoms with Crippen LogP contribution in [0.25, 0.3) is 0 Å². The topological polar surface area (TPSA) is 81.9 Å². The van der Waals surface area contributed by atoms with Crippen LogP contribution in [0.15, 0.2) is 16.8 Å². The van der Waals surface area contributed by atoms with Gasteiger partial charge in [0.05, 0.1) is 13.2 Å². The summed E-state index contributed by atoms with van der Waals surface area (Å²) in [7, 11) is 0. The molecule has 1 aromatic rings. The minimum Gasteiger partial charge on any atom is -0.433 e. The van der Waals surface area contributed by atoms with E-state index in [0.717, 1.165) is 10.6 Å². The van der Waals surface area contributed by atoms with Crippen molar-refractivity contribution in [2.24, 2.45) is 5.73 Å². The first-order valence-electron chi connectivity index (χ1n) is 4.56. The van der Waals surface area contributed by atoms with E-state index in [2.05, 4.69) is 9.57 Å². The van der Waals surface area contributed by atoms with Crippen LogP contribution in [0.3, 0.4) is 0 Å². The van der Waals surface area contributed by atoms with E-state index in [1.165, 1.54) is 11.3 Å². The Morgan fingerprint density at radius 2 is 2.31 bits per heavy atom. The van der Waals surface area contributed by atoms with Gasteiger partial charge in [0.15, 0.2) is 0 Å². The van der Waals surface area contributed by atoms with Gasteiger partial charge < -0.3 is 15.3 Å². The molecule has 2 amide bonds. The number of ether oxygens (including phenoxy) is 1. The fraction of sp³-hybridized carbons (Fsp3) is 0.333. The zero-order valence-electron chi connectivity index (χ0n) is 8.71. The molecule has 0 aromatic carbocycles. The summed E-state index contributed by atoms with van der Waals surface area (Å²) in [6, 6.07) is 0.953. The average Bonchev–Trinajstić information content (AvgIpc) is 2.69. The molecule has 1 heterocycles. The number of amides is 2. The van der Waals surface area contributed by atoms with Gasteiger partial charge in [-0.3, -0.25) is 0 Å². The van der Waals surface area contributed by atoms with E-state index < -0.39 is 12.2 Å². The van der Waals surface area contributed by atoms with Gasteiger partial charge in [0.1, 0.15) is 0 Å². The Bertz CT molecular complexity index is 352. The van der Waals surface area contributed by atoms with Gasteiger partial charge in [-0.15, -0.1) is 5.06 Å². The lowest BCUT2D eigenvalue weighted by atomic mass is 10.3. The molecule has 1 rings (SSSR count). The van der Waals surface area contributed by atoms with Crippen molar-refractivity contribution in [3.63, 3.8) is 0 Å². The maximum absolute atomic E-state index is 11.0. The second kappa shape index (κ2) is 5.96. The minimum absolute atomic E-state index is 0.109. The number of nitrogens with zero attached hydrogens (tertiary/aromatic N) is 1. The van der Waals surface area contributed by atoms with Crippen molar-refractivity contribution in [2.45, 2.75) is 13.5 Å². The second-order valence-corrected chi connectivity index (χ2v) is 3.56. The van der Waals surface area contributed by atoms with E-state index in [1.54, 1.807) is 13.0 Å². The second-order valence-electron chi connectivity index (χ2n) is 2.78. The normalized spacial score (nSPS) is 9.56. The number of urea groups is 1. The molecule has 0 aliphatic rings. The molecule has 88 valence electrons. The fourth-order valence-corrected chi connectivity index (χ4v) is 1.60. The number of hydroxylamine groups is 2. The fourth-order valence-electron chi connectivity index (χ4n) is 0.938. The smallest absolute Gasteiger partial charge is 0.433 e. The van der Waals surface area contributed by atoms with E-state index in [1.807, 2.05) is 10.8 Å².